The topological polar surface area (TPSA) is 62.6 Å². The Kier molecular flexibility index (Phi) is 5.80. The van der Waals surface area contributed by atoms with Gasteiger partial charge in [0, 0.05) is 36.8 Å². The molecule has 5 nitrogen and oxygen atoms in total. The molecule has 5 heteroatoms. The molecule has 1 N–H and O–H groups in total. The van der Waals surface area contributed by atoms with Crippen LogP contribution in [0.2, 0.25) is 0 Å². The fraction of sp³-hybridized carbons (Fsp3) is 0.214. The van der Waals surface area contributed by atoms with E-state index in [-0.39, 0.29) is 17.4 Å². The van der Waals surface area contributed by atoms with Gasteiger partial charge in [0.1, 0.15) is 5.76 Å². The second-order valence-corrected chi connectivity index (χ2v) is 8.61. The second-order valence-electron chi connectivity index (χ2n) is 8.61. The van der Waals surface area contributed by atoms with Crippen molar-refractivity contribution in [2.75, 3.05) is 13.1 Å². The molecule has 3 aromatic carbocycles. The van der Waals surface area contributed by atoms with E-state index in [1.807, 2.05) is 48.5 Å². The summed E-state index contributed by atoms with van der Waals surface area (Å²) in [5.41, 5.74) is 3.24. The van der Waals surface area contributed by atoms with Gasteiger partial charge in [-0.25, -0.2) is 0 Å². The molecule has 0 saturated carbocycles. The quantitative estimate of drug-likeness (QED) is 0.487. The van der Waals surface area contributed by atoms with E-state index < -0.39 is 0 Å². The Labute approximate surface area is 192 Å². The van der Waals surface area contributed by atoms with Crippen LogP contribution in [0.25, 0.3) is 22.3 Å². The number of hydrogen-bond acceptors (Lipinski definition) is 4. The van der Waals surface area contributed by atoms with Crippen LogP contribution in [-0.4, -0.2) is 29.9 Å². The molecule has 1 atom stereocenters. The van der Waals surface area contributed by atoms with Crippen molar-refractivity contribution in [2.45, 2.75) is 25.9 Å². The molecule has 1 saturated heterocycles. The van der Waals surface area contributed by atoms with E-state index in [2.05, 4.69) is 22.3 Å². The minimum absolute atomic E-state index is 0.0576. The minimum atomic E-state index is -0.210. The zero-order chi connectivity index (χ0) is 22.8. The van der Waals surface area contributed by atoms with Crippen LogP contribution in [-0.2, 0) is 6.54 Å². The van der Waals surface area contributed by atoms with Crippen molar-refractivity contribution in [2.24, 2.45) is 0 Å². The van der Waals surface area contributed by atoms with E-state index in [1.165, 1.54) is 5.56 Å². The highest BCUT2D eigenvalue weighted by Crippen LogP contribution is 2.27. The molecule has 2 heterocycles. The number of hydrogen-bond donors (Lipinski definition) is 1. The lowest BCUT2D eigenvalue weighted by atomic mass is 10.0. The first kappa shape index (κ1) is 21.2. The first-order valence-corrected chi connectivity index (χ1v) is 11.3. The van der Waals surface area contributed by atoms with Gasteiger partial charge in [0.05, 0.1) is 10.9 Å². The number of likely N-dealkylation sites (tertiary alicyclic amines) is 1. The smallest absolute Gasteiger partial charge is 0.255 e. The molecule has 33 heavy (non-hydrogen) atoms. The van der Waals surface area contributed by atoms with E-state index in [4.69, 9.17) is 4.42 Å². The maximum absolute atomic E-state index is 13.2. The normalized spacial score (nSPS) is 16.2. The predicted octanol–water partition coefficient (Wildman–Crippen LogP) is 4.77. The fourth-order valence-electron chi connectivity index (χ4n) is 4.55. The van der Waals surface area contributed by atoms with Crippen LogP contribution in [0.15, 0.2) is 88.1 Å². The highest BCUT2D eigenvalue weighted by Gasteiger charge is 2.26. The van der Waals surface area contributed by atoms with Crippen LogP contribution in [0, 0.1) is 6.92 Å². The van der Waals surface area contributed by atoms with E-state index >= 15 is 0 Å². The highest BCUT2D eigenvalue weighted by molar-refractivity contribution is 6.05. The molecule has 5 rings (SSSR count). The first-order valence-electron chi connectivity index (χ1n) is 11.3. The van der Waals surface area contributed by atoms with Crippen molar-refractivity contribution in [3.8, 4) is 11.3 Å². The summed E-state index contributed by atoms with van der Waals surface area (Å²) in [6, 6.07) is 25.1. The summed E-state index contributed by atoms with van der Waals surface area (Å²) in [7, 11) is 0. The largest absolute Gasteiger partial charge is 0.455 e. The van der Waals surface area contributed by atoms with Gasteiger partial charge >= 0.3 is 0 Å². The van der Waals surface area contributed by atoms with E-state index in [9.17, 15) is 9.59 Å². The zero-order valence-electron chi connectivity index (χ0n) is 18.6. The molecule has 0 unspecified atom stereocenters. The molecule has 0 bridgehead atoms. The number of para-hydroxylation sites is 1. The van der Waals surface area contributed by atoms with Gasteiger partial charge in [0.15, 0.2) is 11.0 Å². The molecule has 0 spiro atoms. The van der Waals surface area contributed by atoms with Crippen LogP contribution < -0.4 is 10.7 Å². The standard InChI is InChI=1S/C28H26N2O3/c1-19-25(31)23-13-8-14-24(27(23)33-26(19)21-11-6-3-7-12-21)28(32)29-22-15-16-30(18-22)17-20-9-4-2-5-10-20/h2-14,22H,15-18H2,1H3,(H,29,32)/t22-/m0/s1. The number of fused-ring (bicyclic) bond motifs is 1. The molecule has 4 aromatic rings. The lowest BCUT2D eigenvalue weighted by Gasteiger charge is -2.17. The molecule has 0 aliphatic carbocycles. The van der Waals surface area contributed by atoms with Gasteiger partial charge in [-0.15, -0.1) is 0 Å². The lowest BCUT2D eigenvalue weighted by Crippen LogP contribution is -2.37. The SMILES string of the molecule is Cc1c(-c2ccccc2)oc2c(C(=O)N[C@H]3CCN(Cc4ccccc4)C3)cccc2c1=O. The van der Waals surface area contributed by atoms with Gasteiger partial charge in [-0.2, -0.15) is 0 Å². The Morgan fingerprint density at radius 1 is 1.00 bits per heavy atom. The van der Waals surface area contributed by atoms with Crippen LogP contribution >= 0.6 is 0 Å². The van der Waals surface area contributed by atoms with Crippen molar-refractivity contribution in [1.29, 1.82) is 0 Å². The van der Waals surface area contributed by atoms with E-state index in [1.54, 1.807) is 25.1 Å². The number of carbonyl (C=O) groups is 1. The summed E-state index contributed by atoms with van der Waals surface area (Å²) in [4.78, 5) is 28.6. The van der Waals surface area contributed by atoms with Crippen molar-refractivity contribution < 1.29 is 9.21 Å². The van der Waals surface area contributed by atoms with E-state index in [0.717, 1.165) is 31.6 Å². The van der Waals surface area contributed by atoms with Gasteiger partial charge in [0.2, 0.25) is 0 Å². The summed E-state index contributed by atoms with van der Waals surface area (Å²) in [5.74, 6) is 0.293. The molecule has 1 aliphatic heterocycles. The Balaban J connectivity index is 1.40. The summed E-state index contributed by atoms with van der Waals surface area (Å²) < 4.78 is 6.21. The van der Waals surface area contributed by atoms with E-state index in [0.29, 0.717) is 27.9 Å². The number of amides is 1. The average Bonchev–Trinajstić information content (AvgIpc) is 3.28. The Hall–Kier alpha value is -3.70. The monoisotopic (exact) mass is 438 g/mol. The van der Waals surface area contributed by atoms with Crippen LogP contribution in [0.1, 0.15) is 27.9 Å². The molecule has 0 radical (unpaired) electrons. The average molecular weight is 439 g/mol. The minimum Gasteiger partial charge on any atom is -0.455 e. The number of nitrogens with zero attached hydrogens (tertiary/aromatic N) is 1. The van der Waals surface area contributed by atoms with Crippen molar-refractivity contribution in [3.05, 3.63) is 106 Å². The van der Waals surface area contributed by atoms with Gasteiger partial charge in [0.25, 0.3) is 5.91 Å². The maximum atomic E-state index is 13.2. The summed E-state index contributed by atoms with van der Waals surface area (Å²) in [5, 5.41) is 3.58. The Morgan fingerprint density at radius 2 is 1.73 bits per heavy atom. The molecule has 1 aliphatic rings. The summed E-state index contributed by atoms with van der Waals surface area (Å²) in [6.45, 7) is 4.36. The molecular weight excluding hydrogens is 412 g/mol. The third-order valence-corrected chi connectivity index (χ3v) is 6.28. The molecule has 1 fully saturated rings. The third-order valence-electron chi connectivity index (χ3n) is 6.28. The first-order chi connectivity index (χ1) is 16.1. The summed E-state index contributed by atoms with van der Waals surface area (Å²) in [6.07, 6.45) is 0.891. The summed E-state index contributed by atoms with van der Waals surface area (Å²) >= 11 is 0. The lowest BCUT2D eigenvalue weighted by molar-refractivity contribution is 0.0938. The van der Waals surface area contributed by atoms with Crippen molar-refractivity contribution in [3.63, 3.8) is 0 Å². The third kappa shape index (κ3) is 4.32. The van der Waals surface area contributed by atoms with Gasteiger partial charge in [-0.3, -0.25) is 14.5 Å². The Morgan fingerprint density at radius 3 is 2.48 bits per heavy atom. The van der Waals surface area contributed by atoms with Crippen molar-refractivity contribution >= 4 is 16.9 Å². The van der Waals surface area contributed by atoms with Crippen LogP contribution in [0.5, 0.6) is 0 Å². The molecule has 166 valence electrons. The number of nitrogens with one attached hydrogen (secondary N) is 1. The second kappa shape index (κ2) is 9.04. The predicted molar refractivity (Wildman–Crippen MR) is 130 cm³/mol. The van der Waals surface area contributed by atoms with Gasteiger partial charge in [-0.1, -0.05) is 66.7 Å². The Bertz CT molecular complexity index is 1350. The number of rotatable bonds is 5. The number of carbonyl (C=O) groups excluding carboxylic acids is 1. The van der Waals surface area contributed by atoms with Gasteiger partial charge < -0.3 is 9.73 Å². The fourth-order valence-corrected chi connectivity index (χ4v) is 4.55. The van der Waals surface area contributed by atoms with Crippen LogP contribution in [0.4, 0.5) is 0 Å². The van der Waals surface area contributed by atoms with Gasteiger partial charge in [-0.05, 0) is 31.0 Å². The molecule has 1 amide bonds. The number of benzene rings is 3. The zero-order valence-corrected chi connectivity index (χ0v) is 18.6. The van der Waals surface area contributed by atoms with Crippen LogP contribution in [0.3, 0.4) is 0 Å². The highest BCUT2D eigenvalue weighted by atomic mass is 16.3. The maximum Gasteiger partial charge on any atom is 0.255 e. The molecular formula is C28H26N2O3. The van der Waals surface area contributed by atoms with Crippen molar-refractivity contribution in [1.82, 2.24) is 10.2 Å². The molecule has 1 aromatic heterocycles.